The van der Waals surface area contributed by atoms with Crippen LogP contribution in [0.5, 0.6) is 0 Å². The van der Waals surface area contributed by atoms with Gasteiger partial charge in [0.25, 0.3) is 0 Å². The number of sulfone groups is 1. The average molecular weight is 268 g/mol. The molecule has 1 aromatic rings. The molecule has 1 aliphatic rings. The fraction of sp³-hybridized carbons (Fsp3) is 0.417. The predicted octanol–water partition coefficient (Wildman–Crippen LogP) is 1.24. The number of hydrogen-bond donors (Lipinski definition) is 2. The smallest absolute Gasteiger partial charge is 0.319 e. The molecule has 1 aromatic carbocycles. The Balaban J connectivity index is 1.76. The van der Waals surface area contributed by atoms with E-state index in [4.69, 9.17) is 0 Å². The molecule has 18 heavy (non-hydrogen) atoms. The highest BCUT2D eigenvalue weighted by molar-refractivity contribution is 7.91. The van der Waals surface area contributed by atoms with Gasteiger partial charge in [0.2, 0.25) is 0 Å². The lowest BCUT2D eigenvalue weighted by Crippen LogP contribution is -2.33. The van der Waals surface area contributed by atoms with Gasteiger partial charge in [-0.3, -0.25) is 0 Å². The molecule has 1 atom stereocenters. The minimum absolute atomic E-state index is 0.0384. The molecule has 98 valence electrons. The van der Waals surface area contributed by atoms with Crippen molar-refractivity contribution in [2.45, 2.75) is 6.42 Å². The summed E-state index contributed by atoms with van der Waals surface area (Å²) in [7, 11) is -2.87. The zero-order chi connectivity index (χ0) is 13.0. The highest BCUT2D eigenvalue weighted by Gasteiger charge is 2.27. The van der Waals surface area contributed by atoms with Gasteiger partial charge in [0.15, 0.2) is 9.84 Å². The van der Waals surface area contributed by atoms with E-state index in [0.717, 1.165) is 0 Å². The van der Waals surface area contributed by atoms with Crippen molar-refractivity contribution in [1.82, 2.24) is 5.32 Å². The Bertz CT molecular complexity index is 513. The number of carbonyl (C=O) groups is 1. The van der Waals surface area contributed by atoms with Crippen molar-refractivity contribution in [2.75, 3.05) is 23.4 Å². The molecular formula is C12H16N2O3S. The van der Waals surface area contributed by atoms with Gasteiger partial charge in [-0.05, 0) is 24.5 Å². The summed E-state index contributed by atoms with van der Waals surface area (Å²) >= 11 is 0. The van der Waals surface area contributed by atoms with Crippen LogP contribution in [0.1, 0.15) is 6.42 Å². The summed E-state index contributed by atoms with van der Waals surface area (Å²) in [5.41, 5.74) is 0.717. The summed E-state index contributed by atoms with van der Waals surface area (Å²) in [5, 5.41) is 5.38. The van der Waals surface area contributed by atoms with Gasteiger partial charge < -0.3 is 10.6 Å². The van der Waals surface area contributed by atoms with Crippen LogP contribution in [0.3, 0.4) is 0 Å². The monoisotopic (exact) mass is 268 g/mol. The molecule has 0 spiro atoms. The zero-order valence-corrected chi connectivity index (χ0v) is 10.7. The van der Waals surface area contributed by atoms with Gasteiger partial charge in [-0.2, -0.15) is 0 Å². The number of para-hydroxylation sites is 1. The van der Waals surface area contributed by atoms with E-state index in [-0.39, 0.29) is 23.5 Å². The maximum absolute atomic E-state index is 11.6. The summed E-state index contributed by atoms with van der Waals surface area (Å²) in [4.78, 5) is 11.6. The minimum Gasteiger partial charge on any atom is -0.338 e. The highest BCUT2D eigenvalue weighted by Crippen LogP contribution is 2.17. The summed E-state index contributed by atoms with van der Waals surface area (Å²) in [6.07, 6.45) is 0.633. The van der Waals surface area contributed by atoms with E-state index in [9.17, 15) is 13.2 Å². The Morgan fingerprint density at radius 3 is 2.61 bits per heavy atom. The van der Waals surface area contributed by atoms with E-state index in [0.29, 0.717) is 18.7 Å². The normalized spacial score (nSPS) is 21.4. The molecule has 1 aliphatic heterocycles. The SMILES string of the molecule is O=C(NCC1CCS(=O)(=O)C1)Nc1ccccc1. The summed E-state index contributed by atoms with van der Waals surface area (Å²) < 4.78 is 22.5. The molecule has 6 heteroatoms. The van der Waals surface area contributed by atoms with Gasteiger partial charge in [-0.15, -0.1) is 0 Å². The van der Waals surface area contributed by atoms with E-state index in [1.54, 1.807) is 12.1 Å². The van der Waals surface area contributed by atoms with E-state index in [1.165, 1.54) is 0 Å². The zero-order valence-electron chi connectivity index (χ0n) is 9.93. The van der Waals surface area contributed by atoms with Gasteiger partial charge in [0.05, 0.1) is 11.5 Å². The van der Waals surface area contributed by atoms with Crippen molar-refractivity contribution in [1.29, 1.82) is 0 Å². The Labute approximate surface area is 107 Å². The van der Waals surface area contributed by atoms with Crippen molar-refractivity contribution in [3.8, 4) is 0 Å². The van der Waals surface area contributed by atoms with Crippen molar-refractivity contribution >= 4 is 21.6 Å². The van der Waals surface area contributed by atoms with Crippen LogP contribution < -0.4 is 10.6 Å². The number of anilines is 1. The van der Waals surface area contributed by atoms with E-state index < -0.39 is 9.84 Å². The first-order chi connectivity index (χ1) is 8.55. The van der Waals surface area contributed by atoms with Crippen LogP contribution >= 0.6 is 0 Å². The van der Waals surface area contributed by atoms with Crippen LogP contribution in [-0.2, 0) is 9.84 Å². The Morgan fingerprint density at radius 1 is 1.28 bits per heavy atom. The van der Waals surface area contributed by atoms with E-state index >= 15 is 0 Å². The molecule has 0 aliphatic carbocycles. The van der Waals surface area contributed by atoms with Crippen molar-refractivity contribution in [3.63, 3.8) is 0 Å². The van der Waals surface area contributed by atoms with E-state index in [1.807, 2.05) is 18.2 Å². The van der Waals surface area contributed by atoms with Crippen molar-refractivity contribution < 1.29 is 13.2 Å². The van der Waals surface area contributed by atoms with Crippen LogP contribution in [0, 0.1) is 5.92 Å². The van der Waals surface area contributed by atoms with Gasteiger partial charge >= 0.3 is 6.03 Å². The third kappa shape index (κ3) is 3.73. The first-order valence-electron chi connectivity index (χ1n) is 5.85. The maximum Gasteiger partial charge on any atom is 0.319 e. The molecule has 2 N–H and O–H groups in total. The molecule has 1 fully saturated rings. The molecule has 1 heterocycles. The molecule has 2 amide bonds. The number of benzene rings is 1. The maximum atomic E-state index is 11.6. The number of amides is 2. The van der Waals surface area contributed by atoms with Crippen LogP contribution in [0.2, 0.25) is 0 Å². The molecule has 0 bridgehead atoms. The van der Waals surface area contributed by atoms with Crippen LogP contribution in [0.15, 0.2) is 30.3 Å². The van der Waals surface area contributed by atoms with Crippen LogP contribution in [-0.4, -0.2) is 32.5 Å². The van der Waals surface area contributed by atoms with Gasteiger partial charge in [0, 0.05) is 12.2 Å². The minimum atomic E-state index is -2.87. The lowest BCUT2D eigenvalue weighted by Gasteiger charge is -2.10. The second-order valence-electron chi connectivity index (χ2n) is 4.47. The lowest BCUT2D eigenvalue weighted by molar-refractivity contribution is 0.250. The molecule has 1 unspecified atom stereocenters. The molecule has 0 radical (unpaired) electrons. The largest absolute Gasteiger partial charge is 0.338 e. The topological polar surface area (TPSA) is 75.3 Å². The summed E-state index contributed by atoms with van der Waals surface area (Å²) in [6.45, 7) is 0.401. The predicted molar refractivity (Wildman–Crippen MR) is 70.2 cm³/mol. The fourth-order valence-corrected chi connectivity index (χ4v) is 3.83. The number of rotatable bonds is 3. The molecular weight excluding hydrogens is 252 g/mol. The quantitative estimate of drug-likeness (QED) is 0.866. The molecule has 2 rings (SSSR count). The lowest BCUT2D eigenvalue weighted by atomic mass is 10.1. The number of hydrogen-bond acceptors (Lipinski definition) is 3. The molecule has 0 saturated carbocycles. The Hall–Kier alpha value is -1.56. The molecule has 1 saturated heterocycles. The highest BCUT2D eigenvalue weighted by atomic mass is 32.2. The third-order valence-electron chi connectivity index (χ3n) is 2.91. The van der Waals surface area contributed by atoms with E-state index in [2.05, 4.69) is 10.6 Å². The average Bonchev–Trinajstić information content (AvgIpc) is 2.68. The number of urea groups is 1. The third-order valence-corrected chi connectivity index (χ3v) is 4.75. The fourth-order valence-electron chi connectivity index (χ4n) is 1.97. The second kappa shape index (κ2) is 5.39. The second-order valence-corrected chi connectivity index (χ2v) is 6.70. The first-order valence-corrected chi connectivity index (χ1v) is 7.68. The number of nitrogens with one attached hydrogen (secondary N) is 2. The van der Waals surface area contributed by atoms with Gasteiger partial charge in [-0.1, -0.05) is 18.2 Å². The first kappa shape index (κ1) is 12.9. The standard InChI is InChI=1S/C12H16N2O3S/c15-12(14-11-4-2-1-3-5-11)13-8-10-6-7-18(16,17)9-10/h1-5,10H,6-9H2,(H2,13,14,15). The Morgan fingerprint density at radius 2 is 2.00 bits per heavy atom. The van der Waals surface area contributed by atoms with Gasteiger partial charge in [0.1, 0.15) is 0 Å². The van der Waals surface area contributed by atoms with Crippen molar-refractivity contribution in [3.05, 3.63) is 30.3 Å². The Kier molecular flexibility index (Phi) is 3.86. The molecule has 5 nitrogen and oxygen atoms in total. The summed E-state index contributed by atoms with van der Waals surface area (Å²) in [5.74, 6) is 0.453. The summed E-state index contributed by atoms with van der Waals surface area (Å²) in [6, 6.07) is 8.81. The van der Waals surface area contributed by atoms with Crippen LogP contribution in [0.4, 0.5) is 10.5 Å². The number of carbonyl (C=O) groups excluding carboxylic acids is 1. The van der Waals surface area contributed by atoms with Crippen LogP contribution in [0.25, 0.3) is 0 Å². The van der Waals surface area contributed by atoms with Crippen molar-refractivity contribution in [2.24, 2.45) is 5.92 Å². The molecule has 0 aromatic heterocycles. The van der Waals surface area contributed by atoms with Gasteiger partial charge in [-0.25, -0.2) is 13.2 Å².